The van der Waals surface area contributed by atoms with Gasteiger partial charge in [0.2, 0.25) is 0 Å². The Hall–Kier alpha value is -1.86. The summed E-state index contributed by atoms with van der Waals surface area (Å²) in [5, 5.41) is 8.70. The zero-order chi connectivity index (χ0) is 10.8. The molecule has 2 aromatic heterocycles. The third-order valence-electron chi connectivity index (χ3n) is 2.09. The molecule has 0 saturated carbocycles. The molecule has 2 aromatic rings. The first-order valence-electron chi connectivity index (χ1n) is 4.40. The second kappa shape index (κ2) is 3.71. The minimum atomic E-state index is -0.0733. The number of hydrogen-bond donors (Lipinski definition) is 1. The molecule has 74 valence electrons. The van der Waals surface area contributed by atoms with Crippen molar-refractivity contribution in [1.82, 2.24) is 4.98 Å². The number of nitriles is 1. The maximum atomic E-state index is 11.2. The summed E-state index contributed by atoms with van der Waals surface area (Å²) < 4.78 is 0. The van der Waals surface area contributed by atoms with E-state index in [-0.39, 0.29) is 5.56 Å². The van der Waals surface area contributed by atoms with Gasteiger partial charge < -0.3 is 4.98 Å². The normalized spacial score (nSPS) is 9.87. The highest BCUT2D eigenvalue weighted by Gasteiger charge is 2.03. The van der Waals surface area contributed by atoms with E-state index in [9.17, 15) is 4.79 Å². The second-order valence-corrected chi connectivity index (χ2v) is 4.26. The van der Waals surface area contributed by atoms with E-state index in [1.165, 1.54) is 11.3 Å². The Kier molecular flexibility index (Phi) is 2.40. The van der Waals surface area contributed by atoms with Crippen molar-refractivity contribution < 1.29 is 0 Å². The van der Waals surface area contributed by atoms with E-state index < -0.39 is 0 Å². The van der Waals surface area contributed by atoms with Gasteiger partial charge in [-0.1, -0.05) is 0 Å². The van der Waals surface area contributed by atoms with Crippen molar-refractivity contribution >= 4 is 11.3 Å². The molecule has 0 radical (unpaired) electrons. The van der Waals surface area contributed by atoms with Crippen LogP contribution in [0.4, 0.5) is 0 Å². The van der Waals surface area contributed by atoms with Gasteiger partial charge in [0.1, 0.15) is 10.9 Å². The molecule has 0 aliphatic rings. The first-order chi connectivity index (χ1) is 7.20. The number of hydrogen-bond acceptors (Lipinski definition) is 3. The third-order valence-corrected chi connectivity index (χ3v) is 3.13. The molecular weight excluding hydrogens is 208 g/mol. The maximum absolute atomic E-state index is 11.2. The largest absolute Gasteiger partial charge is 0.328 e. The van der Waals surface area contributed by atoms with E-state index in [1.54, 1.807) is 19.2 Å². The van der Waals surface area contributed by atoms with Gasteiger partial charge in [0.25, 0.3) is 5.56 Å². The van der Waals surface area contributed by atoms with E-state index in [0.717, 1.165) is 10.4 Å². The summed E-state index contributed by atoms with van der Waals surface area (Å²) in [6, 6.07) is 7.58. The van der Waals surface area contributed by atoms with E-state index in [1.807, 2.05) is 12.1 Å². The van der Waals surface area contributed by atoms with Gasteiger partial charge >= 0.3 is 0 Å². The summed E-state index contributed by atoms with van der Waals surface area (Å²) in [6.45, 7) is 1.77. The number of aromatic nitrogens is 1. The molecule has 1 N–H and O–H groups in total. The average Bonchev–Trinajstić information content (AvgIpc) is 2.70. The fraction of sp³-hybridized carbons (Fsp3) is 0.0909. The number of rotatable bonds is 1. The fourth-order valence-corrected chi connectivity index (χ4v) is 2.08. The minimum Gasteiger partial charge on any atom is -0.328 e. The summed E-state index contributed by atoms with van der Waals surface area (Å²) >= 11 is 1.42. The third kappa shape index (κ3) is 1.83. The van der Waals surface area contributed by atoms with Crippen LogP contribution < -0.4 is 5.56 Å². The number of aromatic amines is 1. The summed E-state index contributed by atoms with van der Waals surface area (Å²) in [6.07, 6.45) is 1.67. The van der Waals surface area contributed by atoms with Crippen LogP contribution in [0.2, 0.25) is 0 Å². The molecule has 15 heavy (non-hydrogen) atoms. The van der Waals surface area contributed by atoms with Crippen LogP contribution in [-0.4, -0.2) is 4.98 Å². The molecule has 0 bridgehead atoms. The number of pyridine rings is 1. The van der Waals surface area contributed by atoms with Crippen LogP contribution in [-0.2, 0) is 0 Å². The Morgan fingerprint density at radius 2 is 2.27 bits per heavy atom. The fourth-order valence-electron chi connectivity index (χ4n) is 1.29. The number of H-pyrrole nitrogens is 1. The Morgan fingerprint density at radius 1 is 1.47 bits per heavy atom. The summed E-state index contributed by atoms with van der Waals surface area (Å²) in [5.41, 5.74) is 1.55. The van der Waals surface area contributed by atoms with Crippen LogP contribution in [0.25, 0.3) is 10.4 Å². The Labute approximate surface area is 90.6 Å². The Morgan fingerprint density at radius 3 is 2.87 bits per heavy atom. The lowest BCUT2D eigenvalue weighted by Gasteiger charge is -1.97. The van der Waals surface area contributed by atoms with Crippen LogP contribution >= 0.6 is 11.3 Å². The molecule has 0 atom stereocenters. The predicted octanol–water partition coefficient (Wildman–Crippen LogP) is 2.28. The standard InChI is InChI=1S/C11H8N2OS/c1-7-4-8(6-13-11(7)14)10-3-2-9(5-12)15-10/h2-4,6H,1H3,(H,13,14). The molecule has 0 spiro atoms. The predicted molar refractivity (Wildman–Crippen MR) is 59.8 cm³/mol. The maximum Gasteiger partial charge on any atom is 0.250 e. The SMILES string of the molecule is Cc1cc(-c2ccc(C#N)s2)c[nH]c1=O. The summed E-state index contributed by atoms with van der Waals surface area (Å²) in [5.74, 6) is 0. The van der Waals surface area contributed by atoms with E-state index >= 15 is 0 Å². The molecule has 0 amide bonds. The highest BCUT2D eigenvalue weighted by Crippen LogP contribution is 2.26. The van der Waals surface area contributed by atoms with Gasteiger partial charge in [-0.3, -0.25) is 4.79 Å². The Bertz CT molecular complexity index is 589. The van der Waals surface area contributed by atoms with Crippen molar-refractivity contribution in [2.24, 2.45) is 0 Å². The van der Waals surface area contributed by atoms with Gasteiger partial charge in [-0.15, -0.1) is 11.3 Å². The highest BCUT2D eigenvalue weighted by molar-refractivity contribution is 7.16. The van der Waals surface area contributed by atoms with Crippen LogP contribution in [0, 0.1) is 18.3 Å². The topological polar surface area (TPSA) is 56.6 Å². The van der Waals surface area contributed by atoms with E-state index in [0.29, 0.717) is 10.4 Å². The smallest absolute Gasteiger partial charge is 0.250 e. The average molecular weight is 216 g/mol. The monoisotopic (exact) mass is 216 g/mol. The lowest BCUT2D eigenvalue weighted by atomic mass is 10.2. The van der Waals surface area contributed by atoms with Crippen LogP contribution in [0.5, 0.6) is 0 Å². The lowest BCUT2D eigenvalue weighted by Crippen LogP contribution is -2.07. The molecular formula is C11H8N2OS. The van der Waals surface area contributed by atoms with Gasteiger partial charge in [-0.05, 0) is 25.1 Å². The zero-order valence-electron chi connectivity index (χ0n) is 8.07. The van der Waals surface area contributed by atoms with Crippen molar-refractivity contribution in [3.05, 3.63) is 45.2 Å². The van der Waals surface area contributed by atoms with Gasteiger partial charge in [-0.25, -0.2) is 0 Å². The molecule has 0 aliphatic heterocycles. The summed E-state index contributed by atoms with van der Waals surface area (Å²) in [4.78, 5) is 15.5. The molecule has 3 nitrogen and oxygen atoms in total. The van der Waals surface area contributed by atoms with Crippen molar-refractivity contribution in [2.75, 3.05) is 0 Å². The first-order valence-corrected chi connectivity index (χ1v) is 5.22. The molecule has 0 aromatic carbocycles. The Balaban J connectivity index is 2.50. The van der Waals surface area contributed by atoms with Crippen molar-refractivity contribution in [1.29, 1.82) is 5.26 Å². The van der Waals surface area contributed by atoms with Crippen molar-refractivity contribution in [2.45, 2.75) is 6.92 Å². The van der Waals surface area contributed by atoms with Crippen LogP contribution in [0.1, 0.15) is 10.4 Å². The zero-order valence-corrected chi connectivity index (χ0v) is 8.89. The van der Waals surface area contributed by atoms with E-state index in [4.69, 9.17) is 5.26 Å². The van der Waals surface area contributed by atoms with Gasteiger partial charge in [0.15, 0.2) is 0 Å². The first kappa shape index (κ1) is 9.69. The number of nitrogens with one attached hydrogen (secondary N) is 1. The number of thiophene rings is 1. The molecule has 0 aliphatic carbocycles. The summed E-state index contributed by atoms with van der Waals surface area (Å²) in [7, 11) is 0. The highest BCUT2D eigenvalue weighted by atomic mass is 32.1. The number of nitrogens with zero attached hydrogens (tertiary/aromatic N) is 1. The van der Waals surface area contributed by atoms with Gasteiger partial charge in [0.05, 0.1) is 0 Å². The van der Waals surface area contributed by atoms with Gasteiger partial charge in [-0.2, -0.15) is 5.26 Å². The van der Waals surface area contributed by atoms with Crippen LogP contribution in [0.15, 0.2) is 29.2 Å². The molecule has 4 heteroatoms. The number of aryl methyl sites for hydroxylation is 1. The molecule has 0 fully saturated rings. The molecule has 2 rings (SSSR count). The van der Waals surface area contributed by atoms with Gasteiger partial charge in [0, 0.05) is 22.2 Å². The quantitative estimate of drug-likeness (QED) is 0.795. The molecule has 0 unspecified atom stereocenters. The van der Waals surface area contributed by atoms with Crippen molar-refractivity contribution in [3.63, 3.8) is 0 Å². The molecule has 0 saturated heterocycles. The second-order valence-electron chi connectivity index (χ2n) is 3.18. The van der Waals surface area contributed by atoms with Crippen molar-refractivity contribution in [3.8, 4) is 16.5 Å². The molecule has 2 heterocycles. The van der Waals surface area contributed by atoms with E-state index in [2.05, 4.69) is 11.1 Å². The lowest BCUT2D eigenvalue weighted by molar-refractivity contribution is 1.19. The van der Waals surface area contributed by atoms with Crippen LogP contribution in [0.3, 0.4) is 0 Å². The minimum absolute atomic E-state index is 0.0733.